The smallest absolute Gasteiger partial charge is 0.468 e. The number of rotatable bonds is 6. The zero-order valence-corrected chi connectivity index (χ0v) is 10.8. The molecule has 0 amide bonds. The van der Waals surface area contributed by atoms with Crippen LogP contribution in [0.4, 0.5) is 11.5 Å². The van der Waals surface area contributed by atoms with Crippen molar-refractivity contribution < 1.29 is 19.7 Å². The monoisotopic (exact) mass is 289 g/mol. The molecule has 20 heavy (non-hydrogen) atoms. The van der Waals surface area contributed by atoms with Crippen LogP contribution in [-0.4, -0.2) is 43.7 Å². The zero-order valence-electron chi connectivity index (χ0n) is 10.8. The first-order valence-electron chi connectivity index (χ1n) is 5.09. The predicted molar refractivity (Wildman–Crippen MR) is 61.1 cm³/mol. The maximum Gasteiger partial charge on any atom is 0.468 e. The quantitative estimate of drug-likeness (QED) is 0.314. The summed E-state index contributed by atoms with van der Waals surface area (Å²) in [7, 11) is 2.82. The summed E-state index contributed by atoms with van der Waals surface area (Å²) >= 11 is 0. The molecule has 0 saturated heterocycles. The fourth-order valence-corrected chi connectivity index (χ4v) is 1.19. The first-order chi connectivity index (χ1) is 9.25. The van der Waals surface area contributed by atoms with Gasteiger partial charge >= 0.3 is 11.5 Å². The minimum Gasteiger partial charge on any atom is -0.569 e. The third-order valence-electron chi connectivity index (χ3n) is 2.16. The molecule has 1 aromatic heterocycles. The Morgan fingerprint density at radius 1 is 1.30 bits per heavy atom. The van der Waals surface area contributed by atoms with Crippen LogP contribution in [0.2, 0.25) is 0 Å². The summed E-state index contributed by atoms with van der Waals surface area (Å²) in [6.45, 7) is 0.787. The molecule has 0 saturated carbocycles. The van der Waals surface area contributed by atoms with E-state index in [0.29, 0.717) is 0 Å². The lowest BCUT2D eigenvalue weighted by Crippen LogP contribution is -2.21. The number of hydrazine groups is 1. The highest BCUT2D eigenvalue weighted by atomic mass is 16.7. The number of aromatic nitrogens is 2. The van der Waals surface area contributed by atoms with E-state index in [1.54, 1.807) is 0 Å². The number of nitro groups is 2. The van der Waals surface area contributed by atoms with Crippen molar-refractivity contribution in [3.05, 3.63) is 31.1 Å². The molecular weight excluding hydrogens is 278 g/mol. The molecule has 0 unspecified atom stereocenters. The number of nitrogens with zero attached hydrogens (tertiary/aromatic N) is 7. The van der Waals surface area contributed by atoms with Gasteiger partial charge in [0.15, 0.2) is 0 Å². The standard InChI is InChI=1S/C7H11N7O6/c1-5-6(12(15)16)7(13(17)18)8-11(5)4-20-9-14(19)10(2)3/h4H2,1-3H3. The van der Waals surface area contributed by atoms with Crippen molar-refractivity contribution in [2.24, 2.45) is 5.28 Å². The second-order valence-corrected chi connectivity index (χ2v) is 3.71. The fourth-order valence-electron chi connectivity index (χ4n) is 1.19. The van der Waals surface area contributed by atoms with Crippen LogP contribution >= 0.6 is 0 Å². The topological polar surface area (TPSA) is 155 Å². The Bertz CT molecular complexity index is 564. The van der Waals surface area contributed by atoms with Crippen LogP contribution in [0.5, 0.6) is 0 Å². The van der Waals surface area contributed by atoms with Crippen molar-refractivity contribution >= 4 is 11.5 Å². The summed E-state index contributed by atoms with van der Waals surface area (Å²) in [5.41, 5.74) is -0.815. The van der Waals surface area contributed by atoms with Gasteiger partial charge in [0.05, 0.1) is 29.1 Å². The van der Waals surface area contributed by atoms with Crippen molar-refractivity contribution in [3.63, 3.8) is 0 Å². The summed E-state index contributed by atoms with van der Waals surface area (Å²) in [5.74, 6) is -0.900. The van der Waals surface area contributed by atoms with Gasteiger partial charge in [0.2, 0.25) is 12.0 Å². The molecule has 0 radical (unpaired) electrons. The molecule has 13 heteroatoms. The average molecular weight is 289 g/mol. The summed E-state index contributed by atoms with van der Waals surface area (Å²) in [5, 5.41) is 40.0. The van der Waals surface area contributed by atoms with E-state index in [4.69, 9.17) is 0 Å². The lowest BCUT2D eigenvalue weighted by Gasteiger charge is -2.05. The molecule has 1 aromatic rings. The minimum atomic E-state index is -0.974. The molecule has 0 aliphatic heterocycles. The Balaban J connectivity index is 2.98. The Kier molecular flexibility index (Phi) is 4.34. The molecule has 0 fully saturated rings. The van der Waals surface area contributed by atoms with Gasteiger partial charge in [0.1, 0.15) is 5.69 Å². The van der Waals surface area contributed by atoms with E-state index < -0.39 is 28.1 Å². The van der Waals surface area contributed by atoms with Crippen LogP contribution in [0.25, 0.3) is 0 Å². The zero-order chi connectivity index (χ0) is 15.4. The molecule has 1 rings (SSSR count). The van der Waals surface area contributed by atoms with E-state index in [1.807, 2.05) is 0 Å². The molecule has 110 valence electrons. The van der Waals surface area contributed by atoms with Gasteiger partial charge in [-0.05, 0) is 11.8 Å². The number of hydrogen-bond donors (Lipinski definition) is 0. The molecule has 0 spiro atoms. The van der Waals surface area contributed by atoms with Crippen molar-refractivity contribution in [2.45, 2.75) is 13.7 Å². The molecule has 0 aliphatic rings. The molecular formula is C7H11N7O6. The van der Waals surface area contributed by atoms with Gasteiger partial charge in [-0.1, -0.05) is 0 Å². The van der Waals surface area contributed by atoms with Crippen molar-refractivity contribution in [1.82, 2.24) is 14.8 Å². The van der Waals surface area contributed by atoms with Crippen LogP contribution in [0.3, 0.4) is 0 Å². The van der Waals surface area contributed by atoms with Gasteiger partial charge in [-0.25, -0.2) is 0 Å². The van der Waals surface area contributed by atoms with Crippen molar-refractivity contribution in [2.75, 3.05) is 14.1 Å². The maximum absolute atomic E-state index is 11.0. The Hall–Kier alpha value is -2.99. The molecule has 0 N–H and O–H groups in total. The van der Waals surface area contributed by atoms with Gasteiger partial charge in [-0.3, -0.25) is 10.1 Å². The highest BCUT2D eigenvalue weighted by Gasteiger charge is 2.35. The maximum atomic E-state index is 11.0. The third-order valence-corrected chi connectivity index (χ3v) is 2.16. The van der Waals surface area contributed by atoms with Gasteiger partial charge in [-0.2, -0.15) is 5.01 Å². The van der Waals surface area contributed by atoms with E-state index >= 15 is 0 Å². The van der Waals surface area contributed by atoms with Crippen molar-refractivity contribution in [3.8, 4) is 0 Å². The van der Waals surface area contributed by atoms with Crippen LogP contribution in [0.15, 0.2) is 5.28 Å². The van der Waals surface area contributed by atoms with E-state index in [0.717, 1.165) is 9.69 Å². The van der Waals surface area contributed by atoms with Crippen LogP contribution in [0.1, 0.15) is 5.69 Å². The van der Waals surface area contributed by atoms with Gasteiger partial charge in [0, 0.05) is 0 Å². The highest BCUT2D eigenvalue weighted by molar-refractivity contribution is 5.50. The first kappa shape index (κ1) is 15.1. The molecule has 0 aromatic carbocycles. The Labute approximate surface area is 111 Å². The molecule has 0 aliphatic carbocycles. The molecule has 1 heterocycles. The van der Waals surface area contributed by atoms with E-state index in [9.17, 15) is 25.4 Å². The number of hydrogen-bond acceptors (Lipinski definition) is 8. The van der Waals surface area contributed by atoms with Gasteiger partial charge < -0.3 is 20.2 Å². The second-order valence-electron chi connectivity index (χ2n) is 3.71. The molecule has 0 atom stereocenters. The summed E-state index contributed by atoms with van der Waals surface area (Å²) < 4.78 is 0.864. The summed E-state index contributed by atoms with van der Waals surface area (Å²) in [6, 6.07) is 0. The van der Waals surface area contributed by atoms with Crippen LogP contribution in [-0.2, 0) is 11.6 Å². The van der Waals surface area contributed by atoms with E-state index in [1.165, 1.54) is 21.0 Å². The van der Waals surface area contributed by atoms with E-state index in [2.05, 4.69) is 15.2 Å². The Morgan fingerprint density at radius 3 is 2.30 bits per heavy atom. The normalized spacial score (nSPS) is 11.2. The largest absolute Gasteiger partial charge is 0.569 e. The van der Waals surface area contributed by atoms with Crippen LogP contribution in [0, 0.1) is 32.4 Å². The average Bonchev–Trinajstić information content (AvgIpc) is 2.66. The summed E-state index contributed by atoms with van der Waals surface area (Å²) in [6.07, 6.45) is 0. The van der Waals surface area contributed by atoms with Crippen molar-refractivity contribution in [1.29, 1.82) is 0 Å². The Morgan fingerprint density at radius 2 is 1.90 bits per heavy atom. The lowest BCUT2D eigenvalue weighted by molar-refractivity contribution is -0.700. The summed E-state index contributed by atoms with van der Waals surface area (Å²) in [4.78, 5) is 24.2. The van der Waals surface area contributed by atoms with Crippen LogP contribution < -0.4 is 0 Å². The first-order valence-corrected chi connectivity index (χ1v) is 5.09. The highest BCUT2D eigenvalue weighted by Crippen LogP contribution is 2.28. The minimum absolute atomic E-state index is 0.0841. The molecule has 0 bridgehead atoms. The van der Waals surface area contributed by atoms with Gasteiger partial charge in [-0.15, -0.1) is 4.68 Å². The van der Waals surface area contributed by atoms with Gasteiger partial charge in [0.25, 0.3) is 0 Å². The third kappa shape index (κ3) is 3.06. The molecule has 13 nitrogen and oxygen atoms in total. The predicted octanol–water partition coefficient (Wildman–Crippen LogP) is 0.336. The van der Waals surface area contributed by atoms with E-state index in [-0.39, 0.29) is 10.7 Å². The second kappa shape index (κ2) is 5.77. The SMILES string of the molecule is Cc1c([N+](=O)[O-])c([N+](=O)[O-])nn1CON=[N+]([O-])N(C)C. The lowest BCUT2D eigenvalue weighted by atomic mass is 10.4. The fraction of sp³-hybridized carbons (Fsp3) is 0.571.